The van der Waals surface area contributed by atoms with Gasteiger partial charge in [0.2, 0.25) is 5.95 Å². The molecule has 0 saturated heterocycles. The van der Waals surface area contributed by atoms with Gasteiger partial charge in [0.25, 0.3) is 0 Å². The second-order valence-corrected chi connectivity index (χ2v) is 7.49. The number of hydrogen-bond acceptors (Lipinski definition) is 6. The highest BCUT2D eigenvalue weighted by molar-refractivity contribution is 6.00. The molecule has 1 aromatic heterocycles. The summed E-state index contributed by atoms with van der Waals surface area (Å²) in [6.07, 6.45) is 2.68. The van der Waals surface area contributed by atoms with Crippen LogP contribution in [-0.2, 0) is 4.79 Å². The van der Waals surface area contributed by atoms with Gasteiger partial charge in [0.1, 0.15) is 23.9 Å². The molecular formula is C23H22N4O3. The van der Waals surface area contributed by atoms with E-state index in [9.17, 15) is 4.79 Å². The van der Waals surface area contributed by atoms with Crippen molar-refractivity contribution < 1.29 is 14.3 Å². The highest BCUT2D eigenvalue weighted by atomic mass is 16.5. The van der Waals surface area contributed by atoms with Crippen LogP contribution in [0, 0.1) is 0 Å². The molecule has 1 aliphatic heterocycles. The predicted octanol–water partition coefficient (Wildman–Crippen LogP) is 3.71. The quantitative estimate of drug-likeness (QED) is 0.717. The SMILES string of the molecule is COc1ccc(C2CC(=O)C3=C(C2)Nc2ncnn2C3c2ccccc2OC)cc1. The van der Waals surface area contributed by atoms with Crippen molar-refractivity contribution in [3.63, 3.8) is 0 Å². The zero-order chi connectivity index (χ0) is 20.7. The zero-order valence-electron chi connectivity index (χ0n) is 16.8. The first-order valence-corrected chi connectivity index (χ1v) is 9.89. The molecule has 0 bridgehead atoms. The minimum atomic E-state index is -0.362. The summed E-state index contributed by atoms with van der Waals surface area (Å²) in [6, 6.07) is 15.3. The first kappa shape index (κ1) is 18.4. The number of rotatable bonds is 4. The molecule has 1 aliphatic carbocycles. The fraction of sp³-hybridized carbons (Fsp3) is 0.261. The van der Waals surface area contributed by atoms with E-state index in [0.29, 0.717) is 12.4 Å². The lowest BCUT2D eigenvalue weighted by atomic mass is 9.78. The number of carbonyl (C=O) groups is 1. The number of hydrogen-bond donors (Lipinski definition) is 1. The minimum absolute atomic E-state index is 0.0995. The number of Topliss-reactive ketones (excluding diaryl/α,β-unsaturated/α-hetero) is 1. The van der Waals surface area contributed by atoms with E-state index >= 15 is 0 Å². The van der Waals surface area contributed by atoms with Crippen molar-refractivity contribution in [1.29, 1.82) is 0 Å². The Labute approximate surface area is 174 Å². The van der Waals surface area contributed by atoms with E-state index in [-0.39, 0.29) is 17.7 Å². The molecule has 2 aliphatic rings. The molecule has 0 amide bonds. The topological polar surface area (TPSA) is 78.3 Å². The third-order valence-corrected chi connectivity index (χ3v) is 5.88. The van der Waals surface area contributed by atoms with Gasteiger partial charge in [0, 0.05) is 23.3 Å². The lowest BCUT2D eigenvalue weighted by molar-refractivity contribution is -0.116. The molecule has 152 valence electrons. The summed E-state index contributed by atoms with van der Waals surface area (Å²) in [5.74, 6) is 2.38. The number of ketones is 1. The van der Waals surface area contributed by atoms with Gasteiger partial charge in [0.05, 0.1) is 14.2 Å². The standard InChI is InChI=1S/C23H22N4O3/c1-29-16-9-7-14(8-10-16)15-11-18-21(19(28)12-15)22(27-23(26-18)24-13-25-27)17-5-3-4-6-20(17)30-2/h3-10,13,15,22H,11-12H2,1-2H3,(H,24,25,26). The Bertz CT molecular complexity index is 1130. The van der Waals surface area contributed by atoms with Gasteiger partial charge in [-0.05, 0) is 36.1 Å². The van der Waals surface area contributed by atoms with Crippen molar-refractivity contribution in [1.82, 2.24) is 14.8 Å². The largest absolute Gasteiger partial charge is 0.497 e. The van der Waals surface area contributed by atoms with Crippen molar-refractivity contribution in [2.45, 2.75) is 24.8 Å². The smallest absolute Gasteiger partial charge is 0.226 e. The molecule has 7 nitrogen and oxygen atoms in total. The van der Waals surface area contributed by atoms with E-state index in [0.717, 1.165) is 40.3 Å². The maximum Gasteiger partial charge on any atom is 0.226 e. The Morgan fingerprint density at radius 2 is 1.83 bits per heavy atom. The van der Waals surface area contributed by atoms with Gasteiger partial charge in [-0.25, -0.2) is 4.68 Å². The highest BCUT2D eigenvalue weighted by Crippen LogP contribution is 2.45. The third kappa shape index (κ3) is 2.94. The van der Waals surface area contributed by atoms with E-state index in [1.807, 2.05) is 48.5 Å². The number of ether oxygens (including phenoxy) is 2. The van der Waals surface area contributed by atoms with Gasteiger partial charge < -0.3 is 14.8 Å². The van der Waals surface area contributed by atoms with Gasteiger partial charge in [0.15, 0.2) is 5.78 Å². The van der Waals surface area contributed by atoms with Gasteiger partial charge in [-0.3, -0.25) is 4.79 Å². The second kappa shape index (κ2) is 7.33. The van der Waals surface area contributed by atoms with Crippen molar-refractivity contribution in [2.24, 2.45) is 0 Å². The lowest BCUT2D eigenvalue weighted by Gasteiger charge is -2.35. The van der Waals surface area contributed by atoms with Crippen LogP contribution in [0.15, 0.2) is 66.1 Å². The number of nitrogens with one attached hydrogen (secondary N) is 1. The van der Waals surface area contributed by atoms with Crippen LogP contribution >= 0.6 is 0 Å². The normalized spacial score (nSPS) is 20.3. The fourth-order valence-electron chi connectivity index (χ4n) is 4.44. The summed E-state index contributed by atoms with van der Waals surface area (Å²) in [5, 5.41) is 7.75. The molecule has 0 radical (unpaired) electrons. The number of methoxy groups -OCH3 is 2. The van der Waals surface area contributed by atoms with Crippen LogP contribution in [0.5, 0.6) is 11.5 Å². The van der Waals surface area contributed by atoms with Crippen LogP contribution in [0.4, 0.5) is 5.95 Å². The van der Waals surface area contributed by atoms with Gasteiger partial charge >= 0.3 is 0 Å². The van der Waals surface area contributed by atoms with Gasteiger partial charge in [-0.2, -0.15) is 10.1 Å². The summed E-state index contributed by atoms with van der Waals surface area (Å²) < 4.78 is 12.6. The van der Waals surface area contributed by atoms with Crippen LogP contribution < -0.4 is 14.8 Å². The molecule has 30 heavy (non-hydrogen) atoms. The molecule has 2 heterocycles. The Morgan fingerprint density at radius 3 is 2.60 bits per heavy atom. The van der Waals surface area contributed by atoms with Crippen molar-refractivity contribution >= 4 is 11.7 Å². The second-order valence-electron chi connectivity index (χ2n) is 7.49. The third-order valence-electron chi connectivity index (χ3n) is 5.88. The summed E-state index contributed by atoms with van der Waals surface area (Å²) >= 11 is 0. The molecule has 0 spiro atoms. The molecule has 0 fully saturated rings. The molecule has 2 atom stereocenters. The zero-order valence-corrected chi connectivity index (χ0v) is 16.8. The van der Waals surface area contributed by atoms with Crippen LogP contribution in [-0.4, -0.2) is 34.8 Å². The van der Waals surface area contributed by atoms with Crippen molar-refractivity contribution in [2.75, 3.05) is 19.5 Å². The summed E-state index contributed by atoms with van der Waals surface area (Å²) in [7, 11) is 3.29. The van der Waals surface area contributed by atoms with E-state index < -0.39 is 0 Å². The highest BCUT2D eigenvalue weighted by Gasteiger charge is 2.40. The maximum absolute atomic E-state index is 13.4. The molecule has 5 rings (SSSR count). The van der Waals surface area contributed by atoms with E-state index in [4.69, 9.17) is 9.47 Å². The lowest BCUT2D eigenvalue weighted by Crippen LogP contribution is -2.33. The number of fused-ring (bicyclic) bond motifs is 1. The number of benzene rings is 2. The molecular weight excluding hydrogens is 380 g/mol. The summed E-state index contributed by atoms with van der Waals surface area (Å²) in [4.78, 5) is 17.8. The molecule has 1 N–H and O–H groups in total. The van der Waals surface area contributed by atoms with E-state index in [1.54, 1.807) is 18.9 Å². The summed E-state index contributed by atoms with van der Waals surface area (Å²) in [6.45, 7) is 0. The molecule has 3 aromatic rings. The van der Waals surface area contributed by atoms with Crippen molar-refractivity contribution in [3.05, 3.63) is 77.3 Å². The average Bonchev–Trinajstić information content (AvgIpc) is 3.25. The summed E-state index contributed by atoms with van der Waals surface area (Å²) in [5.41, 5.74) is 3.67. The number of nitrogens with zero attached hydrogens (tertiary/aromatic N) is 3. The number of allylic oxidation sites excluding steroid dienone is 2. The molecule has 0 saturated carbocycles. The van der Waals surface area contributed by atoms with E-state index in [1.165, 1.54) is 6.33 Å². The first-order chi connectivity index (χ1) is 14.7. The first-order valence-electron chi connectivity index (χ1n) is 9.89. The average molecular weight is 402 g/mol. The monoisotopic (exact) mass is 402 g/mol. The van der Waals surface area contributed by atoms with Crippen LogP contribution in [0.3, 0.4) is 0 Å². The Kier molecular flexibility index (Phi) is 4.50. The Hall–Kier alpha value is -3.61. The Morgan fingerprint density at radius 1 is 1.03 bits per heavy atom. The number of aromatic nitrogens is 3. The number of anilines is 1. The van der Waals surface area contributed by atoms with Crippen LogP contribution in [0.2, 0.25) is 0 Å². The molecule has 7 heteroatoms. The predicted molar refractivity (Wildman–Crippen MR) is 112 cm³/mol. The maximum atomic E-state index is 13.4. The number of carbonyl (C=O) groups excluding carboxylic acids is 1. The minimum Gasteiger partial charge on any atom is -0.497 e. The van der Waals surface area contributed by atoms with Crippen molar-refractivity contribution in [3.8, 4) is 11.5 Å². The fourth-order valence-corrected chi connectivity index (χ4v) is 4.44. The van der Waals surface area contributed by atoms with Crippen LogP contribution in [0.1, 0.15) is 35.9 Å². The van der Waals surface area contributed by atoms with Crippen LogP contribution in [0.25, 0.3) is 0 Å². The van der Waals surface area contributed by atoms with Gasteiger partial charge in [-0.15, -0.1) is 0 Å². The van der Waals surface area contributed by atoms with E-state index in [2.05, 4.69) is 15.4 Å². The number of para-hydroxylation sites is 1. The van der Waals surface area contributed by atoms with Gasteiger partial charge in [-0.1, -0.05) is 30.3 Å². The Balaban J connectivity index is 1.58. The molecule has 2 unspecified atom stereocenters. The molecule has 2 aromatic carbocycles.